The predicted molar refractivity (Wildman–Crippen MR) is 89.1 cm³/mol. The third-order valence-corrected chi connectivity index (χ3v) is 4.11. The van der Waals surface area contributed by atoms with Crippen LogP contribution in [0.5, 0.6) is 0 Å². The topological polar surface area (TPSA) is 41.5 Å². The fraction of sp³-hybridized carbons (Fsp3) is 0.294. The number of hydrogen-bond donors (Lipinski definition) is 1. The molecule has 0 aliphatic carbocycles. The van der Waals surface area contributed by atoms with Gasteiger partial charge in [0.1, 0.15) is 0 Å². The molecule has 4 heteroatoms. The molecule has 3 nitrogen and oxygen atoms in total. The SMILES string of the molecule is C/C(=N/NC(=O)c1cccs1)c1ccc(C(C)(C)C)cc1. The van der Waals surface area contributed by atoms with Crippen LogP contribution in [-0.4, -0.2) is 11.6 Å². The first kappa shape index (κ1) is 15.4. The second-order valence-corrected chi connectivity index (χ2v) is 6.89. The Morgan fingerprint density at radius 1 is 1.14 bits per heavy atom. The summed E-state index contributed by atoms with van der Waals surface area (Å²) in [6.45, 7) is 8.44. The Labute approximate surface area is 129 Å². The highest BCUT2D eigenvalue weighted by atomic mass is 32.1. The summed E-state index contributed by atoms with van der Waals surface area (Å²) in [6, 6.07) is 11.9. The van der Waals surface area contributed by atoms with Gasteiger partial charge in [-0.3, -0.25) is 4.79 Å². The van der Waals surface area contributed by atoms with Gasteiger partial charge in [0.2, 0.25) is 0 Å². The molecule has 0 bridgehead atoms. The first-order valence-corrected chi connectivity index (χ1v) is 7.75. The number of carbonyl (C=O) groups is 1. The summed E-state index contributed by atoms with van der Waals surface area (Å²) in [7, 11) is 0. The molecule has 0 aliphatic heterocycles. The van der Waals surface area contributed by atoms with E-state index < -0.39 is 0 Å². The maximum Gasteiger partial charge on any atom is 0.281 e. The monoisotopic (exact) mass is 300 g/mol. The zero-order chi connectivity index (χ0) is 15.5. The second kappa shape index (κ2) is 6.22. The molecular weight excluding hydrogens is 280 g/mol. The second-order valence-electron chi connectivity index (χ2n) is 5.94. The van der Waals surface area contributed by atoms with E-state index in [2.05, 4.69) is 43.4 Å². The molecule has 110 valence electrons. The van der Waals surface area contributed by atoms with Gasteiger partial charge < -0.3 is 0 Å². The highest BCUT2D eigenvalue weighted by Crippen LogP contribution is 2.22. The van der Waals surface area contributed by atoms with E-state index in [0.29, 0.717) is 4.88 Å². The van der Waals surface area contributed by atoms with Gasteiger partial charge >= 0.3 is 0 Å². The van der Waals surface area contributed by atoms with Crippen molar-refractivity contribution >= 4 is 23.0 Å². The number of benzene rings is 1. The Morgan fingerprint density at radius 3 is 2.33 bits per heavy atom. The van der Waals surface area contributed by atoms with Gasteiger partial charge in [-0.15, -0.1) is 11.3 Å². The van der Waals surface area contributed by atoms with Crippen molar-refractivity contribution in [3.05, 3.63) is 57.8 Å². The number of rotatable bonds is 3. The van der Waals surface area contributed by atoms with E-state index >= 15 is 0 Å². The Bertz CT molecular complexity index is 634. The summed E-state index contributed by atoms with van der Waals surface area (Å²) < 4.78 is 0. The zero-order valence-electron chi connectivity index (χ0n) is 12.8. The quantitative estimate of drug-likeness (QED) is 0.670. The van der Waals surface area contributed by atoms with Gasteiger partial charge in [-0.25, -0.2) is 5.43 Å². The molecule has 0 radical (unpaired) electrons. The van der Waals surface area contributed by atoms with Gasteiger partial charge in [-0.05, 0) is 34.9 Å². The molecule has 0 aliphatic rings. The minimum Gasteiger partial charge on any atom is -0.266 e. The molecule has 0 unspecified atom stereocenters. The van der Waals surface area contributed by atoms with Gasteiger partial charge in [0.25, 0.3) is 5.91 Å². The highest BCUT2D eigenvalue weighted by molar-refractivity contribution is 7.12. The van der Waals surface area contributed by atoms with Crippen molar-refractivity contribution in [2.24, 2.45) is 5.10 Å². The molecular formula is C17H20N2OS. The Hall–Kier alpha value is -1.94. The minimum absolute atomic E-state index is 0.136. The molecule has 0 saturated carbocycles. The van der Waals surface area contributed by atoms with E-state index in [-0.39, 0.29) is 11.3 Å². The number of carbonyl (C=O) groups excluding carboxylic acids is 1. The van der Waals surface area contributed by atoms with Crippen LogP contribution in [0.1, 0.15) is 48.5 Å². The van der Waals surface area contributed by atoms with Gasteiger partial charge in [-0.1, -0.05) is 51.1 Å². The summed E-state index contributed by atoms with van der Waals surface area (Å²) in [5, 5.41) is 6.04. The highest BCUT2D eigenvalue weighted by Gasteiger charge is 2.13. The minimum atomic E-state index is -0.171. The molecule has 2 rings (SSSR count). The van der Waals surface area contributed by atoms with E-state index in [0.717, 1.165) is 11.3 Å². The van der Waals surface area contributed by atoms with Crippen molar-refractivity contribution in [1.29, 1.82) is 0 Å². The number of nitrogens with zero attached hydrogens (tertiary/aromatic N) is 1. The van der Waals surface area contributed by atoms with E-state index in [1.54, 1.807) is 6.07 Å². The lowest BCUT2D eigenvalue weighted by Gasteiger charge is -2.19. The Kier molecular flexibility index (Phi) is 4.58. The molecule has 0 atom stereocenters. The number of nitrogens with one attached hydrogen (secondary N) is 1. The number of amides is 1. The van der Waals surface area contributed by atoms with E-state index in [4.69, 9.17) is 0 Å². The standard InChI is InChI=1S/C17H20N2OS/c1-12(18-19-16(20)15-6-5-11-21-15)13-7-9-14(10-8-13)17(2,3)4/h5-11H,1-4H3,(H,19,20)/b18-12-. The molecule has 1 aromatic carbocycles. The molecule has 1 aromatic heterocycles. The van der Waals surface area contributed by atoms with Crippen LogP contribution in [0.15, 0.2) is 46.9 Å². The third kappa shape index (κ3) is 4.02. The lowest BCUT2D eigenvalue weighted by Crippen LogP contribution is -2.18. The van der Waals surface area contributed by atoms with Crippen molar-refractivity contribution < 1.29 is 4.79 Å². The van der Waals surface area contributed by atoms with Crippen LogP contribution in [0.25, 0.3) is 0 Å². The number of hydrazone groups is 1. The van der Waals surface area contributed by atoms with Crippen LogP contribution in [0, 0.1) is 0 Å². The molecule has 1 heterocycles. The van der Waals surface area contributed by atoms with Gasteiger partial charge in [0.05, 0.1) is 10.6 Å². The van der Waals surface area contributed by atoms with Crippen LogP contribution >= 0.6 is 11.3 Å². The lowest BCUT2D eigenvalue weighted by atomic mass is 9.86. The van der Waals surface area contributed by atoms with Crippen molar-refractivity contribution in [2.45, 2.75) is 33.1 Å². The Balaban J connectivity index is 2.07. The maximum atomic E-state index is 11.8. The van der Waals surface area contributed by atoms with Crippen LogP contribution < -0.4 is 5.43 Å². The molecule has 2 aromatic rings. The summed E-state index contributed by atoms with van der Waals surface area (Å²) in [4.78, 5) is 12.5. The van der Waals surface area contributed by atoms with Crippen LogP contribution in [0.2, 0.25) is 0 Å². The fourth-order valence-electron chi connectivity index (χ4n) is 1.87. The maximum absolute atomic E-state index is 11.8. The van der Waals surface area contributed by atoms with E-state index in [1.807, 2.05) is 30.5 Å². The van der Waals surface area contributed by atoms with Gasteiger partial charge in [0, 0.05) is 0 Å². The van der Waals surface area contributed by atoms with Crippen LogP contribution in [0.4, 0.5) is 0 Å². The van der Waals surface area contributed by atoms with Gasteiger partial charge in [-0.2, -0.15) is 5.10 Å². The molecule has 1 amide bonds. The van der Waals surface area contributed by atoms with Crippen LogP contribution in [0.3, 0.4) is 0 Å². The third-order valence-electron chi connectivity index (χ3n) is 3.24. The summed E-state index contributed by atoms with van der Waals surface area (Å²) in [5.41, 5.74) is 5.80. The average molecular weight is 300 g/mol. The summed E-state index contributed by atoms with van der Waals surface area (Å²) >= 11 is 1.40. The summed E-state index contributed by atoms with van der Waals surface area (Å²) in [6.07, 6.45) is 0. The summed E-state index contributed by atoms with van der Waals surface area (Å²) in [5.74, 6) is -0.171. The molecule has 0 spiro atoms. The van der Waals surface area contributed by atoms with E-state index in [1.165, 1.54) is 16.9 Å². The van der Waals surface area contributed by atoms with Crippen molar-refractivity contribution in [3.8, 4) is 0 Å². The molecule has 0 saturated heterocycles. The fourth-order valence-corrected chi connectivity index (χ4v) is 2.49. The van der Waals surface area contributed by atoms with Crippen molar-refractivity contribution in [1.82, 2.24) is 5.43 Å². The number of hydrogen-bond acceptors (Lipinski definition) is 3. The average Bonchev–Trinajstić information content (AvgIpc) is 2.98. The first-order chi connectivity index (χ1) is 9.88. The normalized spacial score (nSPS) is 12.3. The van der Waals surface area contributed by atoms with Crippen molar-refractivity contribution in [2.75, 3.05) is 0 Å². The lowest BCUT2D eigenvalue weighted by molar-refractivity contribution is 0.0959. The van der Waals surface area contributed by atoms with Crippen LogP contribution in [-0.2, 0) is 5.41 Å². The smallest absolute Gasteiger partial charge is 0.266 e. The molecule has 0 fully saturated rings. The molecule has 1 N–H and O–H groups in total. The van der Waals surface area contributed by atoms with E-state index in [9.17, 15) is 4.79 Å². The number of thiophene rings is 1. The van der Waals surface area contributed by atoms with Crippen molar-refractivity contribution in [3.63, 3.8) is 0 Å². The molecule has 21 heavy (non-hydrogen) atoms. The zero-order valence-corrected chi connectivity index (χ0v) is 13.6. The predicted octanol–water partition coefficient (Wildman–Crippen LogP) is 4.20. The Morgan fingerprint density at radius 2 is 1.81 bits per heavy atom. The largest absolute Gasteiger partial charge is 0.281 e. The first-order valence-electron chi connectivity index (χ1n) is 6.87. The van der Waals surface area contributed by atoms with Gasteiger partial charge in [0.15, 0.2) is 0 Å².